The third-order valence-electron chi connectivity index (χ3n) is 4.31. The maximum Gasteiger partial charge on any atom is 0.235 e. The van der Waals surface area contributed by atoms with Crippen LogP contribution >= 0.6 is 12.2 Å². The van der Waals surface area contributed by atoms with E-state index in [-0.39, 0.29) is 12.0 Å². The molecule has 1 amide bonds. The van der Waals surface area contributed by atoms with Crippen LogP contribution in [0.5, 0.6) is 0 Å². The fourth-order valence-electron chi connectivity index (χ4n) is 2.94. The first-order valence-corrected chi connectivity index (χ1v) is 7.72. The lowest BCUT2D eigenvalue weighted by Gasteiger charge is -2.44. The Balaban J connectivity index is 1.97. The lowest BCUT2D eigenvalue weighted by molar-refractivity contribution is -0.146. The van der Waals surface area contributed by atoms with Gasteiger partial charge in [-0.25, -0.2) is 0 Å². The smallest absolute Gasteiger partial charge is 0.235 e. The Bertz CT molecular complexity index is 355. The second kappa shape index (κ2) is 6.18. The topological polar surface area (TPSA) is 55.6 Å². The zero-order valence-electron chi connectivity index (χ0n) is 11.7. The third-order valence-corrected chi connectivity index (χ3v) is 4.70. The Labute approximate surface area is 120 Å². The van der Waals surface area contributed by atoms with Gasteiger partial charge in [0.15, 0.2) is 0 Å². The van der Waals surface area contributed by atoms with Gasteiger partial charge in [-0.3, -0.25) is 4.79 Å². The zero-order valence-corrected chi connectivity index (χ0v) is 12.5. The number of thiocarbonyl (C=S) groups is 1. The summed E-state index contributed by atoms with van der Waals surface area (Å²) in [7, 11) is 0. The molecular weight excluding hydrogens is 260 g/mol. The average molecular weight is 284 g/mol. The van der Waals surface area contributed by atoms with Crippen LogP contribution in [-0.2, 0) is 9.53 Å². The lowest BCUT2D eigenvalue weighted by atomic mass is 9.67. The maximum atomic E-state index is 12.7. The number of likely N-dealkylation sites (tertiary alicyclic amines) is 1. The quantitative estimate of drug-likeness (QED) is 0.783. The SMILES string of the molecule is CCCOC1CCCN(C(=O)C2(C(N)=S)CCC2)C1. The van der Waals surface area contributed by atoms with E-state index in [0.29, 0.717) is 11.5 Å². The Morgan fingerprint density at radius 2 is 2.21 bits per heavy atom. The highest BCUT2D eigenvalue weighted by molar-refractivity contribution is 7.80. The van der Waals surface area contributed by atoms with Crippen molar-refractivity contribution in [2.75, 3.05) is 19.7 Å². The number of hydrogen-bond donors (Lipinski definition) is 1. The van der Waals surface area contributed by atoms with Crippen LogP contribution in [0, 0.1) is 5.41 Å². The summed E-state index contributed by atoms with van der Waals surface area (Å²) in [5, 5.41) is 0. The van der Waals surface area contributed by atoms with E-state index in [2.05, 4.69) is 6.92 Å². The van der Waals surface area contributed by atoms with Gasteiger partial charge in [-0.2, -0.15) is 0 Å². The van der Waals surface area contributed by atoms with E-state index in [1.807, 2.05) is 4.90 Å². The molecular formula is C14H24N2O2S. The molecule has 2 N–H and O–H groups in total. The van der Waals surface area contributed by atoms with Crippen LogP contribution in [0.2, 0.25) is 0 Å². The first kappa shape index (κ1) is 14.7. The van der Waals surface area contributed by atoms with E-state index < -0.39 is 5.41 Å². The molecule has 19 heavy (non-hydrogen) atoms. The number of rotatable bonds is 5. The minimum absolute atomic E-state index is 0.135. The summed E-state index contributed by atoms with van der Waals surface area (Å²) in [6.07, 6.45) is 5.93. The van der Waals surface area contributed by atoms with Gasteiger partial charge in [-0.1, -0.05) is 25.6 Å². The fourth-order valence-corrected chi connectivity index (χ4v) is 3.23. The van der Waals surface area contributed by atoms with Gasteiger partial charge in [0.05, 0.1) is 16.5 Å². The molecule has 0 aromatic rings. The number of ether oxygens (including phenoxy) is 1. The second-order valence-corrected chi connectivity index (χ2v) is 6.13. The number of nitrogens with two attached hydrogens (primary N) is 1. The number of carbonyl (C=O) groups is 1. The van der Waals surface area contributed by atoms with Crippen molar-refractivity contribution in [3.05, 3.63) is 0 Å². The summed E-state index contributed by atoms with van der Waals surface area (Å²) in [5.41, 5.74) is 5.27. The van der Waals surface area contributed by atoms with Crippen molar-refractivity contribution in [2.24, 2.45) is 11.1 Å². The van der Waals surface area contributed by atoms with Crippen LogP contribution in [0.25, 0.3) is 0 Å². The van der Waals surface area contributed by atoms with Gasteiger partial charge < -0.3 is 15.4 Å². The van der Waals surface area contributed by atoms with Gasteiger partial charge >= 0.3 is 0 Å². The van der Waals surface area contributed by atoms with Crippen molar-refractivity contribution in [3.8, 4) is 0 Å². The van der Waals surface area contributed by atoms with Gasteiger partial charge in [0, 0.05) is 19.7 Å². The number of piperidine rings is 1. The van der Waals surface area contributed by atoms with Crippen LogP contribution in [0.15, 0.2) is 0 Å². The van der Waals surface area contributed by atoms with Gasteiger partial charge in [-0.05, 0) is 32.1 Å². The van der Waals surface area contributed by atoms with E-state index in [1.54, 1.807) is 0 Å². The zero-order chi connectivity index (χ0) is 13.9. The second-order valence-electron chi connectivity index (χ2n) is 5.69. The van der Waals surface area contributed by atoms with Crippen molar-refractivity contribution in [1.29, 1.82) is 0 Å². The minimum Gasteiger partial charge on any atom is -0.392 e. The monoisotopic (exact) mass is 284 g/mol. The molecule has 0 radical (unpaired) electrons. The molecule has 1 unspecified atom stereocenters. The van der Waals surface area contributed by atoms with Crippen LogP contribution in [0.1, 0.15) is 45.4 Å². The molecule has 2 rings (SSSR count). The number of carbonyl (C=O) groups excluding carboxylic acids is 1. The van der Waals surface area contributed by atoms with Crippen LogP contribution in [0.4, 0.5) is 0 Å². The van der Waals surface area contributed by atoms with Crippen LogP contribution in [0.3, 0.4) is 0 Å². The summed E-state index contributed by atoms with van der Waals surface area (Å²) in [4.78, 5) is 15.0. The maximum absolute atomic E-state index is 12.7. The highest BCUT2D eigenvalue weighted by Crippen LogP contribution is 2.43. The highest BCUT2D eigenvalue weighted by Gasteiger charge is 2.49. The molecule has 0 aromatic carbocycles. The fraction of sp³-hybridized carbons (Fsp3) is 0.857. The molecule has 1 saturated carbocycles. The first-order valence-electron chi connectivity index (χ1n) is 7.31. The molecule has 5 heteroatoms. The molecule has 0 bridgehead atoms. The van der Waals surface area contributed by atoms with E-state index in [4.69, 9.17) is 22.7 Å². The Hall–Kier alpha value is -0.680. The van der Waals surface area contributed by atoms with E-state index >= 15 is 0 Å². The van der Waals surface area contributed by atoms with Crippen molar-refractivity contribution >= 4 is 23.1 Å². The molecule has 1 atom stereocenters. The number of hydrogen-bond acceptors (Lipinski definition) is 3. The Kier molecular flexibility index (Phi) is 4.79. The highest BCUT2D eigenvalue weighted by atomic mass is 32.1. The molecule has 4 nitrogen and oxygen atoms in total. The number of amides is 1. The first-order chi connectivity index (χ1) is 9.10. The summed E-state index contributed by atoms with van der Waals surface area (Å²) in [6, 6.07) is 0. The van der Waals surface area contributed by atoms with Gasteiger partial charge in [0.1, 0.15) is 0 Å². The van der Waals surface area contributed by atoms with Gasteiger partial charge in [-0.15, -0.1) is 0 Å². The summed E-state index contributed by atoms with van der Waals surface area (Å²) >= 11 is 5.12. The normalized spacial score (nSPS) is 25.7. The largest absolute Gasteiger partial charge is 0.392 e. The van der Waals surface area contributed by atoms with Gasteiger partial charge in [0.25, 0.3) is 0 Å². The van der Waals surface area contributed by atoms with Crippen LogP contribution < -0.4 is 5.73 Å². The lowest BCUT2D eigenvalue weighted by Crippen LogP contribution is -2.57. The van der Waals surface area contributed by atoms with E-state index in [0.717, 1.165) is 51.7 Å². The molecule has 108 valence electrons. The molecule has 1 saturated heterocycles. The van der Waals surface area contributed by atoms with E-state index in [9.17, 15) is 4.79 Å². The van der Waals surface area contributed by atoms with Crippen molar-refractivity contribution in [2.45, 2.75) is 51.6 Å². The predicted octanol–water partition coefficient (Wildman–Crippen LogP) is 1.86. The van der Waals surface area contributed by atoms with Crippen molar-refractivity contribution in [3.63, 3.8) is 0 Å². The molecule has 2 aliphatic rings. The molecule has 2 fully saturated rings. The minimum atomic E-state index is -0.540. The molecule has 1 aliphatic heterocycles. The van der Waals surface area contributed by atoms with E-state index in [1.165, 1.54) is 0 Å². The van der Waals surface area contributed by atoms with Crippen LogP contribution in [-0.4, -0.2) is 41.6 Å². The molecule has 1 heterocycles. The average Bonchev–Trinajstić information content (AvgIpc) is 2.34. The van der Waals surface area contributed by atoms with Crippen molar-refractivity contribution < 1.29 is 9.53 Å². The van der Waals surface area contributed by atoms with Gasteiger partial charge in [0.2, 0.25) is 5.91 Å². The third kappa shape index (κ3) is 2.92. The summed E-state index contributed by atoms with van der Waals surface area (Å²) in [6.45, 7) is 4.38. The molecule has 0 aromatic heterocycles. The summed E-state index contributed by atoms with van der Waals surface area (Å²) in [5.74, 6) is 0.135. The van der Waals surface area contributed by atoms with Crippen molar-refractivity contribution in [1.82, 2.24) is 4.90 Å². The molecule has 0 spiro atoms. The Morgan fingerprint density at radius 1 is 1.47 bits per heavy atom. The standard InChI is InChI=1S/C14H24N2O2S/c1-2-9-18-11-5-3-8-16(10-11)13(17)14(12(15)19)6-4-7-14/h11H,2-10H2,1H3,(H2,15,19). The predicted molar refractivity (Wildman–Crippen MR) is 78.9 cm³/mol. The summed E-state index contributed by atoms with van der Waals surface area (Å²) < 4.78 is 5.78. The molecule has 1 aliphatic carbocycles. The Morgan fingerprint density at radius 3 is 2.74 bits per heavy atom. The number of nitrogens with zero attached hydrogens (tertiary/aromatic N) is 1.